The molecule has 0 spiro atoms. The zero-order valence-corrected chi connectivity index (χ0v) is 18.4. The average Bonchev–Trinajstić information content (AvgIpc) is 3.05. The molecule has 1 aromatic carbocycles. The number of likely N-dealkylation sites (tertiary alicyclic amines) is 1. The van der Waals surface area contributed by atoms with E-state index in [0.717, 1.165) is 25.9 Å². The van der Waals surface area contributed by atoms with Crippen molar-refractivity contribution in [1.29, 1.82) is 0 Å². The van der Waals surface area contributed by atoms with E-state index in [1.165, 1.54) is 30.5 Å². The van der Waals surface area contributed by atoms with Crippen molar-refractivity contribution in [3.8, 4) is 5.75 Å². The molecule has 3 rings (SSSR count). The number of nitrogens with one attached hydrogen (secondary N) is 1. The van der Waals surface area contributed by atoms with E-state index in [1.54, 1.807) is 18.0 Å². The molecule has 0 atom stereocenters. The number of carbonyl (C=O) groups is 1. The van der Waals surface area contributed by atoms with Crippen LogP contribution < -0.4 is 10.1 Å². The van der Waals surface area contributed by atoms with Gasteiger partial charge >= 0.3 is 6.36 Å². The molecule has 32 heavy (non-hydrogen) atoms. The van der Waals surface area contributed by atoms with Crippen LogP contribution in [-0.4, -0.2) is 48.0 Å². The minimum atomic E-state index is -4.74. The normalized spacial score (nSPS) is 20.3. The van der Waals surface area contributed by atoms with Gasteiger partial charge in [-0.1, -0.05) is 13.5 Å². The molecule has 0 radical (unpaired) electrons. The van der Waals surface area contributed by atoms with Crippen LogP contribution >= 0.6 is 0 Å². The molecule has 2 heterocycles. The van der Waals surface area contributed by atoms with Crippen LogP contribution in [-0.2, 0) is 4.79 Å². The van der Waals surface area contributed by atoms with Crippen molar-refractivity contribution < 1.29 is 22.7 Å². The van der Waals surface area contributed by atoms with E-state index in [4.69, 9.17) is 0 Å². The number of allylic oxidation sites excluding steroid dienone is 1. The Morgan fingerprint density at radius 3 is 2.44 bits per heavy atom. The number of aliphatic imine (C=N–C) groups is 1. The summed E-state index contributed by atoms with van der Waals surface area (Å²) >= 11 is 0. The highest BCUT2D eigenvalue weighted by Crippen LogP contribution is 2.29. The molecule has 6 nitrogen and oxygen atoms in total. The number of ether oxygens (including phenoxy) is 1. The molecular weight excluding hydrogens is 421 g/mol. The first-order valence-electron chi connectivity index (χ1n) is 10.4. The molecule has 1 saturated heterocycles. The third-order valence-corrected chi connectivity index (χ3v) is 5.53. The van der Waals surface area contributed by atoms with Gasteiger partial charge in [-0.25, -0.2) is 4.99 Å². The minimum Gasteiger partial charge on any atom is -0.406 e. The van der Waals surface area contributed by atoms with Crippen molar-refractivity contribution in [1.82, 2.24) is 9.80 Å². The van der Waals surface area contributed by atoms with Crippen LogP contribution in [0.5, 0.6) is 5.75 Å². The SMILES string of the molecule is C=C/N=C1\C(=C(/C)Nc2ccc(OC(F)(F)F)cc2)C=C(C(=O)N2CCC(C)CC2)N1C. The molecule has 1 amide bonds. The fourth-order valence-corrected chi connectivity index (χ4v) is 3.71. The fraction of sp³-hybridized carbons (Fsp3) is 0.391. The molecule has 1 aromatic rings. The summed E-state index contributed by atoms with van der Waals surface area (Å²) in [7, 11) is 1.78. The topological polar surface area (TPSA) is 57.2 Å². The number of alkyl halides is 3. The van der Waals surface area contributed by atoms with Gasteiger partial charge in [0.2, 0.25) is 0 Å². The van der Waals surface area contributed by atoms with E-state index >= 15 is 0 Å². The Kier molecular flexibility index (Phi) is 6.96. The molecule has 1 N–H and O–H groups in total. The van der Waals surface area contributed by atoms with E-state index in [9.17, 15) is 18.0 Å². The predicted molar refractivity (Wildman–Crippen MR) is 118 cm³/mol. The summed E-state index contributed by atoms with van der Waals surface area (Å²) in [4.78, 5) is 21.1. The van der Waals surface area contributed by atoms with E-state index in [1.807, 2.05) is 11.8 Å². The van der Waals surface area contributed by atoms with Gasteiger partial charge < -0.3 is 19.9 Å². The van der Waals surface area contributed by atoms with Crippen molar-refractivity contribution in [2.24, 2.45) is 10.9 Å². The number of anilines is 1. The lowest BCUT2D eigenvalue weighted by atomic mass is 9.99. The van der Waals surface area contributed by atoms with Crippen LogP contribution in [0.1, 0.15) is 26.7 Å². The van der Waals surface area contributed by atoms with Crippen molar-refractivity contribution in [3.05, 3.63) is 60.1 Å². The fourth-order valence-electron chi connectivity index (χ4n) is 3.71. The number of benzene rings is 1. The number of halogens is 3. The van der Waals surface area contributed by atoms with Crippen molar-refractivity contribution >= 4 is 17.4 Å². The molecule has 1 fully saturated rings. The highest BCUT2D eigenvalue weighted by molar-refractivity contribution is 6.12. The molecule has 0 aromatic heterocycles. The number of likely N-dealkylation sites (N-methyl/N-ethyl adjacent to an activating group) is 1. The number of carbonyl (C=O) groups excluding carboxylic acids is 1. The summed E-state index contributed by atoms with van der Waals surface area (Å²) < 4.78 is 41.0. The van der Waals surface area contributed by atoms with Gasteiger partial charge in [0.15, 0.2) is 0 Å². The maximum atomic E-state index is 13.1. The highest BCUT2D eigenvalue weighted by atomic mass is 19.4. The Bertz CT molecular complexity index is 956. The molecule has 9 heteroatoms. The number of hydrogen-bond donors (Lipinski definition) is 1. The van der Waals surface area contributed by atoms with Gasteiger partial charge in [-0.2, -0.15) is 0 Å². The number of amidine groups is 1. The van der Waals surface area contributed by atoms with Crippen LogP contribution in [0.4, 0.5) is 18.9 Å². The zero-order valence-electron chi connectivity index (χ0n) is 18.4. The first-order chi connectivity index (χ1) is 15.1. The number of hydrogen-bond acceptors (Lipinski definition) is 4. The number of nitrogens with zero attached hydrogens (tertiary/aromatic N) is 3. The van der Waals surface area contributed by atoms with Crippen LogP contribution in [0.15, 0.2) is 65.1 Å². The first kappa shape index (κ1) is 23.4. The van der Waals surface area contributed by atoms with Gasteiger partial charge in [0.25, 0.3) is 5.91 Å². The van der Waals surface area contributed by atoms with Gasteiger partial charge in [0.05, 0.1) is 0 Å². The maximum Gasteiger partial charge on any atom is 0.573 e. The lowest BCUT2D eigenvalue weighted by Gasteiger charge is -2.31. The van der Waals surface area contributed by atoms with Gasteiger partial charge in [-0.3, -0.25) is 4.79 Å². The number of amides is 1. The molecule has 172 valence electrons. The van der Waals surface area contributed by atoms with Crippen molar-refractivity contribution in [2.75, 3.05) is 25.5 Å². The van der Waals surface area contributed by atoms with E-state index in [2.05, 4.69) is 28.5 Å². The lowest BCUT2D eigenvalue weighted by Crippen LogP contribution is -2.41. The first-order valence-corrected chi connectivity index (χ1v) is 10.4. The van der Waals surface area contributed by atoms with Gasteiger partial charge in [0, 0.05) is 43.3 Å². The molecule has 2 aliphatic rings. The smallest absolute Gasteiger partial charge is 0.406 e. The second-order valence-electron chi connectivity index (χ2n) is 7.93. The molecule has 0 bridgehead atoms. The van der Waals surface area contributed by atoms with Crippen LogP contribution in [0.25, 0.3) is 0 Å². The third kappa shape index (κ3) is 5.52. The van der Waals surface area contributed by atoms with Gasteiger partial charge in [-0.05, 0) is 56.0 Å². The minimum absolute atomic E-state index is 0.0485. The third-order valence-electron chi connectivity index (χ3n) is 5.53. The zero-order chi connectivity index (χ0) is 23.5. The summed E-state index contributed by atoms with van der Waals surface area (Å²) in [5, 5.41) is 3.16. The molecule has 0 aliphatic carbocycles. The monoisotopic (exact) mass is 448 g/mol. The summed E-state index contributed by atoms with van der Waals surface area (Å²) in [6.45, 7) is 9.11. The average molecular weight is 448 g/mol. The number of rotatable bonds is 5. The highest BCUT2D eigenvalue weighted by Gasteiger charge is 2.33. The lowest BCUT2D eigenvalue weighted by molar-refractivity contribution is -0.274. The summed E-state index contributed by atoms with van der Waals surface area (Å²) in [5.41, 5.74) is 2.49. The Morgan fingerprint density at radius 1 is 1.25 bits per heavy atom. The summed E-state index contributed by atoms with van der Waals surface area (Å²) in [5.74, 6) is 0.830. The standard InChI is InChI=1S/C23H27F3N4O2/c1-5-27-21-19(14-20(29(21)4)22(31)30-12-10-15(2)11-13-30)16(3)28-17-6-8-18(9-7-17)32-23(24,25)26/h5-9,14-15,28H,1,10-13H2,2-4H3/b19-16+,27-21+. The Hall–Kier alpha value is -3.23. The van der Waals surface area contributed by atoms with Crippen molar-refractivity contribution in [3.63, 3.8) is 0 Å². The van der Waals surface area contributed by atoms with E-state index in [-0.39, 0.29) is 11.7 Å². The number of piperidine rings is 1. The van der Waals surface area contributed by atoms with E-state index < -0.39 is 6.36 Å². The second-order valence-corrected chi connectivity index (χ2v) is 7.93. The quantitative estimate of drug-likeness (QED) is 0.696. The maximum absolute atomic E-state index is 13.1. The van der Waals surface area contributed by atoms with E-state index in [0.29, 0.717) is 34.4 Å². The predicted octanol–water partition coefficient (Wildman–Crippen LogP) is 4.90. The largest absolute Gasteiger partial charge is 0.573 e. The Morgan fingerprint density at radius 2 is 1.88 bits per heavy atom. The summed E-state index contributed by atoms with van der Waals surface area (Å²) in [6.07, 6.45) is 0.414. The summed E-state index contributed by atoms with van der Waals surface area (Å²) in [6, 6.07) is 5.43. The van der Waals surface area contributed by atoms with Gasteiger partial charge in [-0.15, -0.1) is 13.2 Å². The second kappa shape index (κ2) is 9.50. The molecule has 0 unspecified atom stereocenters. The molecule has 0 saturated carbocycles. The van der Waals surface area contributed by atoms with Gasteiger partial charge in [0.1, 0.15) is 17.3 Å². The van der Waals surface area contributed by atoms with Crippen molar-refractivity contribution in [2.45, 2.75) is 33.1 Å². The van der Waals surface area contributed by atoms with Crippen LogP contribution in [0, 0.1) is 5.92 Å². The molecule has 2 aliphatic heterocycles. The Balaban J connectivity index is 1.83. The Labute approximate surface area is 185 Å². The molecular formula is C23H27F3N4O2. The van der Waals surface area contributed by atoms with Crippen LogP contribution in [0.2, 0.25) is 0 Å². The van der Waals surface area contributed by atoms with Crippen LogP contribution in [0.3, 0.4) is 0 Å².